The summed E-state index contributed by atoms with van der Waals surface area (Å²) in [7, 11) is 0. The number of ether oxygens (including phenoxy) is 1. The highest BCUT2D eigenvalue weighted by Crippen LogP contribution is 2.56. The van der Waals surface area contributed by atoms with Crippen LogP contribution in [0, 0.1) is 11.8 Å². The van der Waals surface area contributed by atoms with Gasteiger partial charge in [-0.3, -0.25) is 14.4 Å². The molecule has 2 saturated heterocycles. The molecule has 2 bridgehead atoms. The quantitative estimate of drug-likeness (QED) is 0.464. The molecular formula is C30H31Cl2N3O4. The van der Waals surface area contributed by atoms with Crippen molar-refractivity contribution in [2.75, 3.05) is 5.32 Å². The van der Waals surface area contributed by atoms with Crippen LogP contribution in [0.3, 0.4) is 0 Å². The summed E-state index contributed by atoms with van der Waals surface area (Å²) in [6, 6.07) is 13.2. The molecule has 2 N–H and O–H groups in total. The summed E-state index contributed by atoms with van der Waals surface area (Å²) < 4.78 is 6.46. The fraction of sp³-hybridized carbons (Fsp3) is 0.433. The Labute approximate surface area is 237 Å². The molecular weight excluding hydrogens is 537 g/mol. The SMILES string of the molecule is C[C@H](c1ccccc1)N1C(=O)[C@@H]2[C@H](C(=O)Nc3cc(Cl)cc(Cl)c3)[C@@H]3C=C[C@@]2(O3)[C@@H]1C(=O)NC1CCCCC1. The van der Waals surface area contributed by atoms with Crippen LogP contribution in [-0.2, 0) is 19.1 Å². The first kappa shape index (κ1) is 26.4. The Hall–Kier alpha value is -2.87. The van der Waals surface area contributed by atoms with Crippen LogP contribution in [0.5, 0.6) is 0 Å². The lowest BCUT2D eigenvalue weighted by Crippen LogP contribution is -2.56. The predicted molar refractivity (Wildman–Crippen MR) is 149 cm³/mol. The molecule has 9 heteroatoms. The molecule has 3 heterocycles. The maximum Gasteiger partial charge on any atom is 0.246 e. The number of benzene rings is 2. The largest absolute Gasteiger partial charge is 0.359 e. The second-order valence-corrected chi connectivity index (χ2v) is 11.9. The van der Waals surface area contributed by atoms with E-state index in [1.54, 1.807) is 23.1 Å². The van der Waals surface area contributed by atoms with Crippen LogP contribution in [0.25, 0.3) is 0 Å². The van der Waals surface area contributed by atoms with E-state index in [-0.39, 0.29) is 23.8 Å². The second-order valence-electron chi connectivity index (χ2n) is 11.0. The fourth-order valence-corrected chi connectivity index (χ4v) is 7.42. The van der Waals surface area contributed by atoms with Gasteiger partial charge in [0.05, 0.1) is 24.0 Å². The molecule has 6 rings (SSSR count). The van der Waals surface area contributed by atoms with Gasteiger partial charge in [-0.1, -0.05) is 84.9 Å². The molecule has 1 aliphatic carbocycles. The van der Waals surface area contributed by atoms with Gasteiger partial charge in [0.2, 0.25) is 17.7 Å². The van der Waals surface area contributed by atoms with E-state index in [4.69, 9.17) is 27.9 Å². The molecule has 1 saturated carbocycles. The number of rotatable bonds is 6. The Balaban J connectivity index is 1.35. The number of hydrogen-bond acceptors (Lipinski definition) is 4. The summed E-state index contributed by atoms with van der Waals surface area (Å²) in [4.78, 5) is 43.6. The van der Waals surface area contributed by atoms with Gasteiger partial charge in [0, 0.05) is 21.8 Å². The Bertz CT molecular complexity index is 1310. The minimum Gasteiger partial charge on any atom is -0.359 e. The Morgan fingerprint density at radius 2 is 1.72 bits per heavy atom. The molecule has 2 aromatic carbocycles. The first-order valence-electron chi connectivity index (χ1n) is 13.6. The van der Waals surface area contributed by atoms with Crippen molar-refractivity contribution in [1.29, 1.82) is 0 Å². The third-order valence-electron chi connectivity index (χ3n) is 8.64. The van der Waals surface area contributed by atoms with Crippen LogP contribution in [0.1, 0.15) is 50.6 Å². The summed E-state index contributed by atoms with van der Waals surface area (Å²) >= 11 is 12.3. The number of anilines is 1. The number of halogens is 2. The zero-order valence-electron chi connectivity index (χ0n) is 21.6. The average molecular weight is 569 g/mol. The van der Waals surface area contributed by atoms with Crippen molar-refractivity contribution in [1.82, 2.24) is 10.2 Å². The third-order valence-corrected chi connectivity index (χ3v) is 9.08. The molecule has 3 aliphatic heterocycles. The van der Waals surface area contributed by atoms with Crippen molar-refractivity contribution in [3.8, 4) is 0 Å². The van der Waals surface area contributed by atoms with E-state index in [1.807, 2.05) is 49.4 Å². The Morgan fingerprint density at radius 1 is 1.03 bits per heavy atom. The molecule has 1 spiro atoms. The molecule has 4 aliphatic rings. The average Bonchev–Trinajstić information content (AvgIpc) is 3.56. The van der Waals surface area contributed by atoms with Crippen molar-refractivity contribution in [2.45, 2.75) is 68.9 Å². The third kappa shape index (κ3) is 4.54. The number of amides is 3. The number of hydrogen-bond donors (Lipinski definition) is 2. The molecule has 0 radical (unpaired) electrons. The normalized spacial score (nSPS) is 30.3. The smallest absolute Gasteiger partial charge is 0.246 e. The maximum atomic E-state index is 14.3. The fourth-order valence-electron chi connectivity index (χ4n) is 6.89. The minimum absolute atomic E-state index is 0.0694. The lowest BCUT2D eigenvalue weighted by Gasteiger charge is -2.37. The van der Waals surface area contributed by atoms with E-state index >= 15 is 0 Å². The Morgan fingerprint density at radius 3 is 2.41 bits per heavy atom. The number of nitrogens with one attached hydrogen (secondary N) is 2. The van der Waals surface area contributed by atoms with Crippen molar-refractivity contribution in [2.24, 2.45) is 11.8 Å². The lowest BCUT2D eigenvalue weighted by molar-refractivity contribution is -0.143. The van der Waals surface area contributed by atoms with Crippen LogP contribution >= 0.6 is 23.2 Å². The van der Waals surface area contributed by atoms with Crippen LogP contribution < -0.4 is 10.6 Å². The van der Waals surface area contributed by atoms with Gasteiger partial charge in [0.25, 0.3) is 0 Å². The van der Waals surface area contributed by atoms with Crippen molar-refractivity contribution in [3.63, 3.8) is 0 Å². The van der Waals surface area contributed by atoms with Crippen LogP contribution in [0.4, 0.5) is 5.69 Å². The van der Waals surface area contributed by atoms with Gasteiger partial charge in [-0.15, -0.1) is 0 Å². The van der Waals surface area contributed by atoms with E-state index in [0.29, 0.717) is 15.7 Å². The van der Waals surface area contributed by atoms with Gasteiger partial charge in [-0.25, -0.2) is 0 Å². The number of nitrogens with zero attached hydrogens (tertiary/aromatic N) is 1. The van der Waals surface area contributed by atoms with Gasteiger partial charge in [0.1, 0.15) is 11.6 Å². The van der Waals surface area contributed by atoms with Crippen LogP contribution in [0.2, 0.25) is 10.0 Å². The van der Waals surface area contributed by atoms with Gasteiger partial charge in [-0.05, 0) is 43.5 Å². The summed E-state index contributed by atoms with van der Waals surface area (Å²) in [6.45, 7) is 1.92. The van der Waals surface area contributed by atoms with Crippen molar-refractivity contribution in [3.05, 3.63) is 76.3 Å². The number of carbonyl (C=O) groups excluding carboxylic acids is 3. The number of carbonyl (C=O) groups is 3. The summed E-state index contributed by atoms with van der Waals surface area (Å²) in [6.07, 6.45) is 8.18. The summed E-state index contributed by atoms with van der Waals surface area (Å²) in [5.74, 6) is -2.50. The van der Waals surface area contributed by atoms with Gasteiger partial charge < -0.3 is 20.3 Å². The number of likely N-dealkylation sites (tertiary alicyclic amines) is 1. The molecule has 3 amide bonds. The standard InChI is InChI=1S/C30H31Cl2N3O4/c1-17(18-8-4-2-5-9-18)35-26(28(37)33-21-10-6-3-7-11-21)30-13-12-23(39-30)24(25(30)29(35)38)27(36)34-22-15-19(31)14-20(32)16-22/h2,4-5,8-9,12-17,21,23-26H,3,6-7,10-11H2,1H3,(H,33,37)(H,34,36)/t17-,23+,24-,25+,26+,30+/m1/s1. The van der Waals surface area contributed by atoms with E-state index in [9.17, 15) is 14.4 Å². The van der Waals surface area contributed by atoms with E-state index in [0.717, 1.165) is 31.2 Å². The summed E-state index contributed by atoms with van der Waals surface area (Å²) in [5.41, 5.74) is 0.119. The second kappa shape index (κ2) is 10.3. The van der Waals surface area contributed by atoms with E-state index in [2.05, 4.69) is 10.6 Å². The molecule has 3 fully saturated rings. The van der Waals surface area contributed by atoms with E-state index < -0.39 is 35.6 Å². The zero-order chi connectivity index (χ0) is 27.3. The zero-order valence-corrected chi connectivity index (χ0v) is 23.1. The topological polar surface area (TPSA) is 87.7 Å². The minimum atomic E-state index is -1.22. The molecule has 204 valence electrons. The highest BCUT2D eigenvalue weighted by molar-refractivity contribution is 6.35. The molecule has 7 nitrogen and oxygen atoms in total. The van der Waals surface area contributed by atoms with E-state index in [1.165, 1.54) is 6.42 Å². The Kier molecular flexibility index (Phi) is 6.94. The van der Waals surface area contributed by atoms with Crippen molar-refractivity contribution < 1.29 is 19.1 Å². The van der Waals surface area contributed by atoms with Gasteiger partial charge in [0.15, 0.2) is 0 Å². The van der Waals surface area contributed by atoms with Crippen LogP contribution in [-0.4, -0.2) is 46.4 Å². The molecule has 39 heavy (non-hydrogen) atoms. The molecule has 2 aromatic rings. The van der Waals surface area contributed by atoms with Gasteiger partial charge in [-0.2, -0.15) is 0 Å². The van der Waals surface area contributed by atoms with Gasteiger partial charge >= 0.3 is 0 Å². The van der Waals surface area contributed by atoms with Crippen LogP contribution in [0.15, 0.2) is 60.7 Å². The molecule has 6 atom stereocenters. The predicted octanol–water partition coefficient (Wildman–Crippen LogP) is 5.29. The molecule has 0 unspecified atom stereocenters. The molecule has 0 aromatic heterocycles. The highest BCUT2D eigenvalue weighted by Gasteiger charge is 2.73. The number of fused-ring (bicyclic) bond motifs is 1. The maximum absolute atomic E-state index is 14.3. The van der Waals surface area contributed by atoms with Crippen molar-refractivity contribution >= 4 is 46.6 Å². The first-order chi connectivity index (χ1) is 18.8. The highest BCUT2D eigenvalue weighted by atomic mass is 35.5. The monoisotopic (exact) mass is 567 g/mol. The lowest BCUT2D eigenvalue weighted by atomic mass is 9.74. The summed E-state index contributed by atoms with van der Waals surface area (Å²) in [5, 5.41) is 6.87. The first-order valence-corrected chi connectivity index (χ1v) is 14.4.